The quantitative estimate of drug-likeness (QED) is 0.536. The van der Waals surface area contributed by atoms with Crippen LogP contribution in [0.3, 0.4) is 0 Å². The summed E-state index contributed by atoms with van der Waals surface area (Å²) in [6.45, 7) is 2.60. The number of piperazine rings is 1. The third-order valence-corrected chi connectivity index (χ3v) is 4.20. The van der Waals surface area contributed by atoms with E-state index in [1.54, 1.807) is 19.5 Å². The average Bonchev–Trinajstić information content (AvgIpc) is 2.56. The molecule has 1 aliphatic heterocycles. The minimum atomic E-state index is -0.533. The Morgan fingerprint density at radius 3 is 2.74 bits per heavy atom. The zero-order valence-electron chi connectivity index (χ0n) is 12.6. The first-order chi connectivity index (χ1) is 11.2. The number of halogens is 2. The van der Waals surface area contributed by atoms with E-state index in [1.165, 1.54) is 12.4 Å². The van der Waals surface area contributed by atoms with E-state index in [0.717, 1.165) is 10.1 Å². The van der Waals surface area contributed by atoms with Crippen molar-refractivity contribution in [3.63, 3.8) is 0 Å². The summed E-state index contributed by atoms with van der Waals surface area (Å²) >= 11 is 2.18. The van der Waals surface area contributed by atoms with Crippen LogP contribution in [0.1, 0.15) is 0 Å². The molecule has 9 heteroatoms. The van der Waals surface area contributed by atoms with Crippen LogP contribution in [-0.2, 0) is 4.74 Å². The summed E-state index contributed by atoms with van der Waals surface area (Å²) in [6, 6.07) is 1.38. The van der Waals surface area contributed by atoms with Crippen molar-refractivity contribution in [2.45, 2.75) is 6.04 Å². The lowest BCUT2D eigenvalue weighted by Crippen LogP contribution is -2.56. The van der Waals surface area contributed by atoms with E-state index < -0.39 is 5.95 Å². The molecular weight excluding hydrogens is 414 g/mol. The molecule has 1 aliphatic rings. The number of nitrogens with zero attached hydrogens (tertiary/aromatic N) is 6. The zero-order valence-corrected chi connectivity index (χ0v) is 14.7. The second-order valence-electron chi connectivity index (χ2n) is 5.15. The first kappa shape index (κ1) is 16.2. The standard InChI is InChI=1S/C14H16FIN6O/c1-23-8-11-7-21(14-17-5-10(16)6-18-14)2-3-22(11)13-4-12(15)19-9-20-13/h4-6,9,11H,2-3,7-8H2,1H3/t11-/m1/s1. The van der Waals surface area contributed by atoms with E-state index in [1.807, 2.05) is 4.90 Å². The van der Waals surface area contributed by atoms with Gasteiger partial charge in [-0.05, 0) is 22.6 Å². The molecule has 0 N–H and O–H groups in total. The van der Waals surface area contributed by atoms with Gasteiger partial charge in [-0.2, -0.15) is 4.39 Å². The Morgan fingerprint density at radius 2 is 2.04 bits per heavy atom. The first-order valence-electron chi connectivity index (χ1n) is 7.13. The van der Waals surface area contributed by atoms with Gasteiger partial charge in [-0.15, -0.1) is 0 Å². The van der Waals surface area contributed by atoms with Gasteiger partial charge in [-0.3, -0.25) is 0 Å². The number of aromatic nitrogens is 4. The van der Waals surface area contributed by atoms with Crippen molar-refractivity contribution in [1.29, 1.82) is 0 Å². The fraction of sp³-hybridized carbons (Fsp3) is 0.429. The Bertz CT molecular complexity index is 658. The fourth-order valence-corrected chi connectivity index (χ4v) is 2.90. The topological polar surface area (TPSA) is 67.3 Å². The zero-order chi connectivity index (χ0) is 16.2. The second kappa shape index (κ2) is 7.30. The van der Waals surface area contributed by atoms with E-state index in [2.05, 4.69) is 47.4 Å². The lowest BCUT2D eigenvalue weighted by atomic mass is 10.2. The molecule has 23 heavy (non-hydrogen) atoms. The molecule has 3 rings (SSSR count). The number of ether oxygens (including phenoxy) is 1. The van der Waals surface area contributed by atoms with Crippen LogP contribution in [-0.4, -0.2) is 59.3 Å². The van der Waals surface area contributed by atoms with Gasteiger partial charge in [0.15, 0.2) is 0 Å². The Hall–Kier alpha value is -1.62. The molecule has 1 fully saturated rings. The van der Waals surface area contributed by atoms with Crippen molar-refractivity contribution in [2.24, 2.45) is 0 Å². The van der Waals surface area contributed by atoms with E-state index in [-0.39, 0.29) is 6.04 Å². The summed E-state index contributed by atoms with van der Waals surface area (Å²) in [5.74, 6) is 0.734. The van der Waals surface area contributed by atoms with Crippen LogP contribution in [0.2, 0.25) is 0 Å². The summed E-state index contributed by atoms with van der Waals surface area (Å²) in [5.41, 5.74) is 0. The predicted molar refractivity (Wildman–Crippen MR) is 92.0 cm³/mol. The van der Waals surface area contributed by atoms with Gasteiger partial charge in [0.2, 0.25) is 11.9 Å². The molecular formula is C14H16FIN6O. The Labute approximate surface area is 147 Å². The molecule has 2 aromatic heterocycles. The van der Waals surface area contributed by atoms with Crippen LogP contribution in [0.5, 0.6) is 0 Å². The molecule has 122 valence electrons. The summed E-state index contributed by atoms with van der Waals surface area (Å²) in [6.07, 6.45) is 4.82. The Kier molecular flexibility index (Phi) is 5.16. The van der Waals surface area contributed by atoms with Crippen molar-refractivity contribution < 1.29 is 9.13 Å². The highest BCUT2D eigenvalue weighted by Crippen LogP contribution is 2.21. The molecule has 0 unspecified atom stereocenters. The highest BCUT2D eigenvalue weighted by molar-refractivity contribution is 14.1. The van der Waals surface area contributed by atoms with Gasteiger partial charge >= 0.3 is 0 Å². The lowest BCUT2D eigenvalue weighted by molar-refractivity contribution is 0.173. The fourth-order valence-electron chi connectivity index (χ4n) is 2.62. The maximum absolute atomic E-state index is 13.4. The van der Waals surface area contributed by atoms with Crippen LogP contribution < -0.4 is 9.80 Å². The van der Waals surface area contributed by atoms with Crippen molar-refractivity contribution in [1.82, 2.24) is 19.9 Å². The van der Waals surface area contributed by atoms with Gasteiger partial charge in [0.1, 0.15) is 12.1 Å². The molecule has 3 heterocycles. The van der Waals surface area contributed by atoms with E-state index in [4.69, 9.17) is 4.74 Å². The van der Waals surface area contributed by atoms with Gasteiger partial charge in [0.25, 0.3) is 0 Å². The van der Waals surface area contributed by atoms with Gasteiger partial charge < -0.3 is 14.5 Å². The normalized spacial score (nSPS) is 18.3. The lowest BCUT2D eigenvalue weighted by Gasteiger charge is -2.41. The minimum absolute atomic E-state index is 0.0333. The van der Waals surface area contributed by atoms with Gasteiger partial charge in [0, 0.05) is 48.8 Å². The highest BCUT2D eigenvalue weighted by atomic mass is 127. The molecule has 0 spiro atoms. The van der Waals surface area contributed by atoms with Crippen LogP contribution in [0.25, 0.3) is 0 Å². The highest BCUT2D eigenvalue weighted by Gasteiger charge is 2.29. The van der Waals surface area contributed by atoms with Gasteiger partial charge in [-0.1, -0.05) is 0 Å². The van der Waals surface area contributed by atoms with Crippen molar-refractivity contribution in [3.05, 3.63) is 34.3 Å². The molecule has 2 aromatic rings. The maximum Gasteiger partial charge on any atom is 0.225 e. The molecule has 1 atom stereocenters. The number of methoxy groups -OCH3 is 1. The summed E-state index contributed by atoms with van der Waals surface area (Å²) < 4.78 is 19.7. The van der Waals surface area contributed by atoms with Gasteiger partial charge in [-0.25, -0.2) is 19.9 Å². The smallest absolute Gasteiger partial charge is 0.225 e. The minimum Gasteiger partial charge on any atom is -0.382 e. The van der Waals surface area contributed by atoms with Crippen molar-refractivity contribution in [3.8, 4) is 0 Å². The van der Waals surface area contributed by atoms with Crippen LogP contribution >= 0.6 is 22.6 Å². The Morgan fingerprint density at radius 1 is 1.26 bits per heavy atom. The van der Waals surface area contributed by atoms with E-state index in [0.29, 0.717) is 31.5 Å². The molecule has 0 saturated carbocycles. The molecule has 0 aliphatic carbocycles. The molecule has 0 radical (unpaired) electrons. The molecule has 0 aromatic carbocycles. The molecule has 7 nitrogen and oxygen atoms in total. The summed E-state index contributed by atoms with van der Waals surface area (Å²) in [7, 11) is 1.65. The molecule has 0 bridgehead atoms. The second-order valence-corrected chi connectivity index (χ2v) is 6.39. The number of rotatable bonds is 4. The molecule has 0 amide bonds. The summed E-state index contributed by atoms with van der Waals surface area (Å²) in [5, 5.41) is 0. The maximum atomic E-state index is 13.4. The van der Waals surface area contributed by atoms with Crippen molar-refractivity contribution in [2.75, 3.05) is 43.2 Å². The predicted octanol–water partition coefficient (Wildman–Crippen LogP) is 1.35. The SMILES string of the molecule is COC[C@H]1CN(c2ncc(I)cn2)CCN1c1cc(F)ncn1. The first-order valence-corrected chi connectivity index (χ1v) is 8.21. The average molecular weight is 430 g/mol. The third-order valence-electron chi connectivity index (χ3n) is 3.64. The van der Waals surface area contributed by atoms with Crippen LogP contribution in [0.15, 0.2) is 24.8 Å². The van der Waals surface area contributed by atoms with Crippen LogP contribution in [0, 0.1) is 9.52 Å². The largest absolute Gasteiger partial charge is 0.382 e. The van der Waals surface area contributed by atoms with Gasteiger partial charge in [0.05, 0.1) is 12.6 Å². The third kappa shape index (κ3) is 3.83. The summed E-state index contributed by atoms with van der Waals surface area (Å²) in [4.78, 5) is 20.6. The monoisotopic (exact) mass is 430 g/mol. The van der Waals surface area contributed by atoms with Crippen molar-refractivity contribution >= 4 is 34.4 Å². The number of hydrogen-bond donors (Lipinski definition) is 0. The van der Waals surface area contributed by atoms with Crippen LogP contribution in [0.4, 0.5) is 16.2 Å². The van der Waals surface area contributed by atoms with E-state index in [9.17, 15) is 4.39 Å². The molecule has 1 saturated heterocycles. The Balaban J connectivity index is 1.79. The number of hydrogen-bond acceptors (Lipinski definition) is 7. The number of anilines is 2. The van der Waals surface area contributed by atoms with E-state index >= 15 is 0 Å².